The van der Waals surface area contributed by atoms with Crippen molar-refractivity contribution in [2.24, 2.45) is 15.9 Å². The van der Waals surface area contributed by atoms with Crippen molar-refractivity contribution in [3.05, 3.63) is 88.9 Å². The van der Waals surface area contributed by atoms with Gasteiger partial charge in [0, 0.05) is 58.9 Å². The van der Waals surface area contributed by atoms with Gasteiger partial charge in [-0.05, 0) is 49.6 Å². The number of alkyl halides is 6. The van der Waals surface area contributed by atoms with E-state index in [4.69, 9.17) is 4.99 Å². The van der Waals surface area contributed by atoms with E-state index in [9.17, 15) is 36.2 Å². The summed E-state index contributed by atoms with van der Waals surface area (Å²) in [7, 11) is 0. The Labute approximate surface area is 225 Å². The summed E-state index contributed by atoms with van der Waals surface area (Å²) >= 11 is 0. The van der Waals surface area contributed by atoms with Gasteiger partial charge in [-0.15, -0.1) is 0 Å². The second kappa shape index (κ2) is 9.69. The van der Waals surface area contributed by atoms with Crippen molar-refractivity contribution in [1.82, 2.24) is 10.3 Å². The molecule has 0 bridgehead atoms. The largest absolute Gasteiger partial charge is 0.430 e. The Bertz CT molecular complexity index is 1410. The molecule has 3 atom stereocenters. The van der Waals surface area contributed by atoms with Crippen molar-refractivity contribution >= 4 is 17.8 Å². The highest BCUT2D eigenvalue weighted by Crippen LogP contribution is 2.59. The van der Waals surface area contributed by atoms with Crippen LogP contribution in [0.2, 0.25) is 0 Å². The zero-order valence-corrected chi connectivity index (χ0v) is 21.1. The number of aliphatic imine (C=N–C) groups is 2. The van der Waals surface area contributed by atoms with Crippen LogP contribution in [0, 0.1) is 5.92 Å². The van der Waals surface area contributed by atoms with Crippen LogP contribution in [0.15, 0.2) is 82.2 Å². The standard InChI is InChI=1S/C28H24F6N4O2/c1-16-12-18(8-11-36-16)24(39)38-23-13-22(17-6-9-35-10-7-17)37-15-25(14-21(23)25)19-2-4-20(5-3-19)26(40,27(29,30)31)28(32,33)34/h2-11,13,16,21,40H,12,14-15H2,1H3,(H,38,39). The van der Waals surface area contributed by atoms with E-state index >= 15 is 0 Å². The van der Waals surface area contributed by atoms with Crippen LogP contribution in [0.3, 0.4) is 0 Å². The molecule has 3 aliphatic rings. The van der Waals surface area contributed by atoms with Gasteiger partial charge >= 0.3 is 12.4 Å². The van der Waals surface area contributed by atoms with Gasteiger partial charge in [0.2, 0.25) is 0 Å². The molecule has 5 rings (SSSR count). The molecular formula is C28H24F6N4O2. The molecule has 2 aromatic rings. The molecule has 1 aliphatic carbocycles. The molecule has 6 nitrogen and oxygen atoms in total. The summed E-state index contributed by atoms with van der Waals surface area (Å²) in [6, 6.07) is 7.03. The SMILES string of the molecule is CC1CC(C(=O)NC2=CC(c3ccncc3)=NCC3(c4ccc(C(O)(C(F)(F)F)C(F)(F)F)cc4)CC23)=CC=N1. The first kappa shape index (κ1) is 27.8. The Morgan fingerprint density at radius 3 is 2.27 bits per heavy atom. The number of hydrogen-bond acceptors (Lipinski definition) is 5. The highest BCUT2D eigenvalue weighted by Gasteiger charge is 2.71. The zero-order valence-electron chi connectivity index (χ0n) is 21.1. The number of nitrogens with zero attached hydrogens (tertiary/aromatic N) is 3. The number of aliphatic hydroxyl groups is 1. The average Bonchev–Trinajstić information content (AvgIpc) is 3.66. The van der Waals surface area contributed by atoms with Gasteiger partial charge in [-0.1, -0.05) is 24.3 Å². The first-order chi connectivity index (χ1) is 18.8. The third-order valence-corrected chi connectivity index (χ3v) is 7.63. The number of pyridine rings is 1. The number of carbonyl (C=O) groups excluding carboxylic acids is 1. The summed E-state index contributed by atoms with van der Waals surface area (Å²) in [5.74, 6) is -0.624. The number of allylic oxidation sites excluding steroid dienone is 3. The Morgan fingerprint density at radius 1 is 1.02 bits per heavy atom. The number of rotatable bonds is 5. The minimum absolute atomic E-state index is 0.0617. The number of amides is 1. The Morgan fingerprint density at radius 2 is 1.68 bits per heavy atom. The fourth-order valence-corrected chi connectivity index (χ4v) is 5.27. The summed E-state index contributed by atoms with van der Waals surface area (Å²) in [5.41, 5.74) is -4.30. The van der Waals surface area contributed by atoms with Crippen LogP contribution in [0.5, 0.6) is 0 Å². The summed E-state index contributed by atoms with van der Waals surface area (Å²) in [5, 5.41) is 12.7. The quantitative estimate of drug-likeness (QED) is 0.506. The number of nitrogens with one attached hydrogen (secondary N) is 1. The maximum absolute atomic E-state index is 13.4. The van der Waals surface area contributed by atoms with Gasteiger partial charge in [0.25, 0.3) is 11.5 Å². The number of halogens is 6. The van der Waals surface area contributed by atoms with Crippen LogP contribution in [0.4, 0.5) is 26.3 Å². The Balaban J connectivity index is 1.50. The Kier molecular flexibility index (Phi) is 6.72. The fraction of sp³-hybridized carbons (Fsp3) is 0.357. The lowest BCUT2D eigenvalue weighted by Gasteiger charge is -2.33. The number of fused-ring (bicyclic) bond motifs is 1. The highest BCUT2D eigenvalue weighted by molar-refractivity contribution is 6.10. The number of aromatic nitrogens is 1. The molecule has 1 fully saturated rings. The van der Waals surface area contributed by atoms with E-state index in [-0.39, 0.29) is 24.4 Å². The predicted molar refractivity (Wildman–Crippen MR) is 135 cm³/mol. The van der Waals surface area contributed by atoms with E-state index in [0.29, 0.717) is 47.5 Å². The molecule has 40 heavy (non-hydrogen) atoms. The molecular weight excluding hydrogens is 538 g/mol. The van der Waals surface area contributed by atoms with E-state index in [0.717, 1.165) is 17.7 Å². The highest BCUT2D eigenvalue weighted by atomic mass is 19.4. The van der Waals surface area contributed by atoms with Crippen LogP contribution >= 0.6 is 0 Å². The molecule has 0 radical (unpaired) electrons. The fourth-order valence-electron chi connectivity index (χ4n) is 5.27. The maximum Gasteiger partial charge on any atom is 0.430 e. The molecule has 2 aliphatic heterocycles. The lowest BCUT2D eigenvalue weighted by atomic mass is 9.87. The molecule has 1 aromatic carbocycles. The van der Waals surface area contributed by atoms with Crippen molar-refractivity contribution in [3.63, 3.8) is 0 Å². The predicted octanol–water partition coefficient (Wildman–Crippen LogP) is 4.94. The van der Waals surface area contributed by atoms with Crippen LogP contribution in [-0.2, 0) is 15.8 Å². The molecule has 1 saturated carbocycles. The minimum Gasteiger partial charge on any atom is -0.369 e. The lowest BCUT2D eigenvalue weighted by molar-refractivity contribution is -0.376. The van der Waals surface area contributed by atoms with Crippen molar-refractivity contribution in [3.8, 4) is 0 Å². The topological polar surface area (TPSA) is 86.9 Å². The molecule has 0 saturated heterocycles. The monoisotopic (exact) mass is 562 g/mol. The number of hydrogen-bond donors (Lipinski definition) is 2. The van der Waals surface area contributed by atoms with Gasteiger partial charge < -0.3 is 10.4 Å². The molecule has 1 aromatic heterocycles. The van der Waals surface area contributed by atoms with Crippen molar-refractivity contribution in [1.29, 1.82) is 0 Å². The average molecular weight is 563 g/mol. The van der Waals surface area contributed by atoms with Gasteiger partial charge in [-0.25, -0.2) is 0 Å². The van der Waals surface area contributed by atoms with E-state index in [1.165, 1.54) is 0 Å². The third kappa shape index (κ3) is 4.74. The molecule has 12 heteroatoms. The van der Waals surface area contributed by atoms with Crippen LogP contribution in [0.1, 0.15) is 36.5 Å². The number of benzene rings is 1. The lowest BCUT2D eigenvalue weighted by Crippen LogP contribution is -2.53. The zero-order chi connectivity index (χ0) is 28.9. The summed E-state index contributed by atoms with van der Waals surface area (Å²) in [6.07, 6.45) is -2.93. The minimum atomic E-state index is -5.98. The molecule has 3 unspecified atom stereocenters. The third-order valence-electron chi connectivity index (χ3n) is 7.63. The molecule has 0 spiro atoms. The van der Waals surface area contributed by atoms with Crippen LogP contribution in [-0.4, -0.2) is 52.9 Å². The first-order valence-corrected chi connectivity index (χ1v) is 12.4. The van der Waals surface area contributed by atoms with E-state index in [1.54, 1.807) is 42.9 Å². The van der Waals surface area contributed by atoms with Gasteiger partial charge in [-0.3, -0.25) is 19.8 Å². The summed E-state index contributed by atoms with van der Waals surface area (Å²) in [6.45, 7) is 2.06. The molecule has 2 N–H and O–H groups in total. The van der Waals surface area contributed by atoms with Crippen molar-refractivity contribution < 1.29 is 36.2 Å². The maximum atomic E-state index is 13.4. The summed E-state index contributed by atoms with van der Waals surface area (Å²) in [4.78, 5) is 26.1. The number of carbonyl (C=O) groups is 1. The van der Waals surface area contributed by atoms with Gasteiger partial charge in [0.05, 0.1) is 11.8 Å². The van der Waals surface area contributed by atoms with E-state index in [1.807, 2.05) is 6.92 Å². The van der Waals surface area contributed by atoms with Gasteiger partial charge in [-0.2, -0.15) is 26.3 Å². The second-order valence-electron chi connectivity index (χ2n) is 10.2. The smallest absolute Gasteiger partial charge is 0.369 e. The molecule has 3 heterocycles. The van der Waals surface area contributed by atoms with Gasteiger partial charge in [0.15, 0.2) is 0 Å². The van der Waals surface area contributed by atoms with Crippen LogP contribution in [0.25, 0.3) is 0 Å². The van der Waals surface area contributed by atoms with E-state index < -0.39 is 28.9 Å². The Hall–Kier alpha value is -3.80. The first-order valence-electron chi connectivity index (χ1n) is 12.4. The van der Waals surface area contributed by atoms with Crippen molar-refractivity contribution in [2.75, 3.05) is 6.54 Å². The van der Waals surface area contributed by atoms with E-state index in [2.05, 4.69) is 15.3 Å². The second-order valence-corrected chi connectivity index (χ2v) is 10.2. The summed E-state index contributed by atoms with van der Waals surface area (Å²) < 4.78 is 80.3. The normalized spacial score (nSPS) is 24.8. The molecule has 210 valence electrons. The van der Waals surface area contributed by atoms with Crippen molar-refractivity contribution in [2.45, 2.75) is 49.2 Å². The number of dihydropyridines is 1. The van der Waals surface area contributed by atoms with Gasteiger partial charge in [0.1, 0.15) is 0 Å². The van der Waals surface area contributed by atoms with Crippen LogP contribution < -0.4 is 5.32 Å². The molecule has 1 amide bonds.